The van der Waals surface area contributed by atoms with Crippen LogP contribution < -0.4 is 10.4 Å². The number of ether oxygens (including phenoxy) is 1. The molecule has 6 nitrogen and oxygen atoms in total. The van der Waals surface area contributed by atoms with Gasteiger partial charge in [0.05, 0.1) is 5.39 Å². The van der Waals surface area contributed by atoms with Gasteiger partial charge in [0.25, 0.3) is 5.91 Å². The Morgan fingerprint density at radius 1 is 1.17 bits per heavy atom. The third kappa shape index (κ3) is 4.24. The number of aryl methyl sites for hydroxylation is 2. The Morgan fingerprint density at radius 2 is 1.87 bits per heavy atom. The van der Waals surface area contributed by atoms with Gasteiger partial charge in [-0.2, -0.15) is 0 Å². The summed E-state index contributed by atoms with van der Waals surface area (Å²) < 4.78 is 11.6. The molecule has 2 aliphatic rings. The number of hydrogen-bond acceptors (Lipinski definition) is 5. The number of likely N-dealkylation sites (tertiary alicyclic amines) is 2. The van der Waals surface area contributed by atoms with Crippen molar-refractivity contribution in [2.24, 2.45) is 0 Å². The number of rotatable bonds is 5. The van der Waals surface area contributed by atoms with Crippen molar-refractivity contribution in [3.05, 3.63) is 39.7 Å². The van der Waals surface area contributed by atoms with Crippen molar-refractivity contribution in [3.8, 4) is 5.75 Å². The van der Waals surface area contributed by atoms with Gasteiger partial charge < -0.3 is 19.0 Å². The van der Waals surface area contributed by atoms with Crippen LogP contribution in [-0.2, 0) is 11.2 Å². The Morgan fingerprint density at radius 3 is 2.53 bits per heavy atom. The third-order valence-corrected chi connectivity index (χ3v) is 6.50. The van der Waals surface area contributed by atoms with Crippen LogP contribution in [0, 0.1) is 6.92 Å². The van der Waals surface area contributed by atoms with Crippen LogP contribution in [0.2, 0.25) is 0 Å². The second-order valence-electron chi connectivity index (χ2n) is 8.64. The van der Waals surface area contributed by atoms with Crippen molar-refractivity contribution in [1.29, 1.82) is 0 Å². The van der Waals surface area contributed by atoms with Crippen molar-refractivity contribution in [3.63, 3.8) is 0 Å². The first-order valence-electron chi connectivity index (χ1n) is 11.2. The van der Waals surface area contributed by atoms with Crippen LogP contribution in [0.5, 0.6) is 5.75 Å². The van der Waals surface area contributed by atoms with Crippen LogP contribution in [0.1, 0.15) is 50.7 Å². The molecular weight excluding hydrogens is 380 g/mol. The van der Waals surface area contributed by atoms with Gasteiger partial charge in [-0.3, -0.25) is 4.79 Å². The summed E-state index contributed by atoms with van der Waals surface area (Å²) in [4.78, 5) is 29.5. The summed E-state index contributed by atoms with van der Waals surface area (Å²) in [6.45, 7) is 9.73. The summed E-state index contributed by atoms with van der Waals surface area (Å²) in [5, 5.41) is 0.787. The summed E-state index contributed by atoms with van der Waals surface area (Å²) in [5.41, 5.74) is 1.96. The van der Waals surface area contributed by atoms with Crippen molar-refractivity contribution in [1.82, 2.24) is 9.80 Å². The van der Waals surface area contributed by atoms with E-state index >= 15 is 0 Å². The average molecular weight is 413 g/mol. The van der Waals surface area contributed by atoms with Crippen LogP contribution in [0.4, 0.5) is 0 Å². The minimum Gasteiger partial charge on any atom is -0.480 e. The summed E-state index contributed by atoms with van der Waals surface area (Å²) in [6, 6.07) is 5.90. The van der Waals surface area contributed by atoms with Crippen LogP contribution in [0.15, 0.2) is 27.4 Å². The fraction of sp³-hybridized carbons (Fsp3) is 0.583. The molecule has 4 rings (SSSR count). The molecule has 0 aliphatic carbocycles. The quantitative estimate of drug-likeness (QED) is 0.703. The Balaban J connectivity index is 1.48. The molecule has 6 heteroatoms. The lowest BCUT2D eigenvalue weighted by Gasteiger charge is -2.37. The van der Waals surface area contributed by atoms with Gasteiger partial charge in [0, 0.05) is 25.2 Å². The first-order chi connectivity index (χ1) is 14.5. The summed E-state index contributed by atoms with van der Waals surface area (Å²) >= 11 is 0. The van der Waals surface area contributed by atoms with E-state index < -0.39 is 6.10 Å². The van der Waals surface area contributed by atoms with Gasteiger partial charge in [0.15, 0.2) is 6.10 Å². The second-order valence-corrected chi connectivity index (χ2v) is 8.64. The number of benzene rings is 1. The molecule has 0 radical (unpaired) electrons. The SMILES string of the molecule is CCc1cc(=O)oc2cc(C)cc(OC(C)C(=O)N3CCC(N4CCCC4)CC3)c12. The lowest BCUT2D eigenvalue weighted by Crippen LogP contribution is -2.49. The highest BCUT2D eigenvalue weighted by atomic mass is 16.5. The predicted octanol–water partition coefficient (Wildman–Crippen LogP) is 3.52. The number of carbonyl (C=O) groups excluding carboxylic acids is 1. The highest BCUT2D eigenvalue weighted by Gasteiger charge is 2.31. The molecule has 0 bridgehead atoms. The fourth-order valence-electron chi connectivity index (χ4n) is 4.90. The van der Waals surface area contributed by atoms with E-state index in [0.717, 1.165) is 42.4 Å². The van der Waals surface area contributed by atoms with Crippen molar-refractivity contribution >= 4 is 16.9 Å². The molecule has 2 saturated heterocycles. The van der Waals surface area contributed by atoms with E-state index in [1.807, 2.05) is 37.8 Å². The molecule has 2 fully saturated rings. The normalized spacial score (nSPS) is 19.4. The molecule has 1 atom stereocenters. The number of nitrogens with zero attached hydrogens (tertiary/aromatic N) is 2. The summed E-state index contributed by atoms with van der Waals surface area (Å²) in [7, 11) is 0. The van der Waals surface area contributed by atoms with Gasteiger partial charge in [-0.1, -0.05) is 6.92 Å². The molecule has 162 valence electrons. The molecular formula is C24H32N2O4. The largest absolute Gasteiger partial charge is 0.480 e. The monoisotopic (exact) mass is 412 g/mol. The smallest absolute Gasteiger partial charge is 0.336 e. The van der Waals surface area contributed by atoms with E-state index in [0.29, 0.717) is 23.8 Å². The van der Waals surface area contributed by atoms with Gasteiger partial charge in [-0.05, 0) is 82.3 Å². The summed E-state index contributed by atoms with van der Waals surface area (Å²) in [6.07, 6.45) is 4.78. The van der Waals surface area contributed by atoms with Gasteiger partial charge in [-0.25, -0.2) is 4.79 Å². The molecule has 1 aromatic carbocycles. The molecule has 30 heavy (non-hydrogen) atoms. The van der Waals surface area contributed by atoms with E-state index in [1.54, 1.807) is 0 Å². The van der Waals surface area contributed by atoms with Crippen LogP contribution in [-0.4, -0.2) is 54.0 Å². The van der Waals surface area contributed by atoms with E-state index in [-0.39, 0.29) is 11.5 Å². The predicted molar refractivity (Wildman–Crippen MR) is 117 cm³/mol. The maximum atomic E-state index is 13.1. The molecule has 2 aromatic rings. The van der Waals surface area contributed by atoms with Crippen LogP contribution >= 0.6 is 0 Å². The minimum atomic E-state index is -0.588. The molecule has 3 heterocycles. The Labute approximate surface area is 177 Å². The third-order valence-electron chi connectivity index (χ3n) is 6.50. The first kappa shape index (κ1) is 20.9. The molecule has 2 aliphatic heterocycles. The standard InChI is InChI=1S/C24H32N2O4/c1-4-18-15-22(27)30-21-14-16(2)13-20(23(18)21)29-17(3)24(28)26-11-7-19(8-12-26)25-9-5-6-10-25/h13-15,17,19H,4-12H2,1-3H3. The van der Waals surface area contributed by atoms with Gasteiger partial charge in [-0.15, -0.1) is 0 Å². The Kier molecular flexibility index (Phi) is 6.14. The second kappa shape index (κ2) is 8.80. The minimum absolute atomic E-state index is 0.0277. The van der Waals surface area contributed by atoms with Gasteiger partial charge >= 0.3 is 5.63 Å². The maximum Gasteiger partial charge on any atom is 0.336 e. The lowest BCUT2D eigenvalue weighted by molar-refractivity contribution is -0.139. The van der Waals surface area contributed by atoms with Crippen LogP contribution in [0.3, 0.4) is 0 Å². The summed E-state index contributed by atoms with van der Waals surface area (Å²) in [5.74, 6) is 0.637. The van der Waals surface area contributed by atoms with Crippen molar-refractivity contribution < 1.29 is 13.9 Å². The van der Waals surface area contributed by atoms with E-state index in [1.165, 1.54) is 32.0 Å². The van der Waals surface area contributed by atoms with E-state index in [4.69, 9.17) is 9.15 Å². The Bertz CT molecular complexity index is 969. The topological polar surface area (TPSA) is 63.0 Å². The molecule has 1 amide bonds. The first-order valence-corrected chi connectivity index (χ1v) is 11.2. The molecule has 1 aromatic heterocycles. The number of hydrogen-bond donors (Lipinski definition) is 0. The highest BCUT2D eigenvalue weighted by Crippen LogP contribution is 2.31. The van der Waals surface area contributed by atoms with E-state index in [9.17, 15) is 9.59 Å². The molecule has 1 unspecified atom stereocenters. The fourth-order valence-corrected chi connectivity index (χ4v) is 4.90. The van der Waals surface area contributed by atoms with E-state index in [2.05, 4.69) is 4.90 Å². The van der Waals surface area contributed by atoms with Crippen LogP contribution in [0.25, 0.3) is 11.0 Å². The number of amides is 1. The Hall–Kier alpha value is -2.34. The number of piperidine rings is 1. The lowest BCUT2D eigenvalue weighted by atomic mass is 10.0. The maximum absolute atomic E-state index is 13.1. The molecule has 0 saturated carbocycles. The zero-order chi connectivity index (χ0) is 21.3. The van der Waals surface area contributed by atoms with Gasteiger partial charge in [0.2, 0.25) is 0 Å². The van der Waals surface area contributed by atoms with Gasteiger partial charge in [0.1, 0.15) is 11.3 Å². The number of carbonyl (C=O) groups is 1. The highest BCUT2D eigenvalue weighted by molar-refractivity contribution is 5.88. The number of fused-ring (bicyclic) bond motifs is 1. The van der Waals surface area contributed by atoms with Crippen molar-refractivity contribution in [2.45, 2.75) is 65.0 Å². The zero-order valence-corrected chi connectivity index (χ0v) is 18.3. The molecule has 0 N–H and O–H groups in total. The van der Waals surface area contributed by atoms with Crippen molar-refractivity contribution in [2.75, 3.05) is 26.2 Å². The zero-order valence-electron chi connectivity index (χ0n) is 18.3. The average Bonchev–Trinajstić information content (AvgIpc) is 3.27. The molecule has 0 spiro atoms.